The average molecular weight is 454 g/mol. The van der Waals surface area contributed by atoms with Crippen LogP contribution in [0.3, 0.4) is 0 Å². The van der Waals surface area contributed by atoms with Crippen LogP contribution < -0.4 is 5.32 Å². The van der Waals surface area contributed by atoms with Crippen molar-refractivity contribution in [1.82, 2.24) is 9.88 Å². The number of thiazole rings is 1. The van der Waals surface area contributed by atoms with Crippen LogP contribution in [-0.4, -0.2) is 33.8 Å². The fourth-order valence-electron chi connectivity index (χ4n) is 3.60. The van der Waals surface area contributed by atoms with Crippen LogP contribution >= 0.6 is 22.7 Å². The van der Waals surface area contributed by atoms with Gasteiger partial charge in [0.2, 0.25) is 0 Å². The summed E-state index contributed by atoms with van der Waals surface area (Å²) in [6.45, 7) is 9.63. The van der Waals surface area contributed by atoms with E-state index in [1.165, 1.54) is 28.4 Å². The molecule has 1 aliphatic heterocycles. The first-order valence-electron chi connectivity index (χ1n) is 9.61. The topological polar surface area (TPSA) is 48.4 Å². The number of alkyl halides is 3. The van der Waals surface area contributed by atoms with E-state index in [2.05, 4.69) is 35.6 Å². The molecule has 2 aromatic heterocycles. The van der Waals surface area contributed by atoms with Crippen molar-refractivity contribution < 1.29 is 18.3 Å². The van der Waals surface area contributed by atoms with Crippen molar-refractivity contribution in [2.75, 3.05) is 11.9 Å². The minimum Gasteiger partial charge on any atom is -0.370 e. The number of rotatable bonds is 5. The Morgan fingerprint density at radius 3 is 2.73 bits per heavy atom. The van der Waals surface area contributed by atoms with Crippen LogP contribution in [0.15, 0.2) is 30.9 Å². The van der Waals surface area contributed by atoms with E-state index in [0.29, 0.717) is 21.3 Å². The van der Waals surface area contributed by atoms with Gasteiger partial charge in [-0.25, -0.2) is 4.98 Å². The second-order valence-corrected chi connectivity index (χ2v) is 9.68. The van der Waals surface area contributed by atoms with E-state index in [1.807, 2.05) is 0 Å². The lowest BCUT2D eigenvalue weighted by atomic mass is 10.0. The quantitative estimate of drug-likeness (QED) is 0.383. The van der Waals surface area contributed by atoms with Gasteiger partial charge in [0.15, 0.2) is 0 Å². The van der Waals surface area contributed by atoms with Gasteiger partial charge in [-0.05, 0) is 50.1 Å². The summed E-state index contributed by atoms with van der Waals surface area (Å²) in [4.78, 5) is 8.12. The Kier molecular flexibility index (Phi) is 5.65. The molecule has 160 valence electrons. The van der Waals surface area contributed by atoms with Gasteiger partial charge in [0.05, 0.1) is 15.8 Å². The highest BCUT2D eigenvalue weighted by atomic mass is 32.1. The van der Waals surface area contributed by atoms with E-state index in [1.54, 1.807) is 11.3 Å². The number of benzene rings is 1. The Hall–Kier alpha value is -1.94. The van der Waals surface area contributed by atoms with Crippen molar-refractivity contribution in [1.29, 1.82) is 0 Å². The van der Waals surface area contributed by atoms with Gasteiger partial charge in [0, 0.05) is 29.6 Å². The maximum absolute atomic E-state index is 13.1. The number of aliphatic hydroxyl groups is 1. The van der Waals surface area contributed by atoms with E-state index in [4.69, 9.17) is 0 Å². The number of nitrogens with one attached hydrogen (secondary N) is 1. The van der Waals surface area contributed by atoms with Gasteiger partial charge >= 0.3 is 6.18 Å². The minimum atomic E-state index is -4.40. The molecule has 9 heteroatoms. The molecule has 4 nitrogen and oxygen atoms in total. The molecule has 3 heterocycles. The third-order valence-electron chi connectivity index (χ3n) is 5.25. The van der Waals surface area contributed by atoms with Gasteiger partial charge in [0.1, 0.15) is 16.2 Å². The van der Waals surface area contributed by atoms with E-state index in [0.717, 1.165) is 47.8 Å². The molecule has 3 aromatic rings. The normalized spacial score (nSPS) is 16.1. The Balaban J connectivity index is 1.81. The number of nitrogens with zero attached hydrogens (tertiary/aromatic N) is 2. The van der Waals surface area contributed by atoms with E-state index in [9.17, 15) is 18.3 Å². The lowest BCUT2D eigenvalue weighted by Crippen LogP contribution is -2.35. The molecule has 0 aliphatic carbocycles. The van der Waals surface area contributed by atoms with Crippen LogP contribution in [0.25, 0.3) is 20.8 Å². The highest BCUT2D eigenvalue weighted by molar-refractivity contribution is 7.22. The van der Waals surface area contributed by atoms with Crippen molar-refractivity contribution in [3.8, 4) is 10.6 Å². The van der Waals surface area contributed by atoms with Gasteiger partial charge in [-0.3, -0.25) is 4.90 Å². The number of halogens is 3. The largest absolute Gasteiger partial charge is 0.416 e. The molecule has 0 saturated heterocycles. The summed E-state index contributed by atoms with van der Waals surface area (Å²) in [5, 5.41) is 14.6. The zero-order valence-corrected chi connectivity index (χ0v) is 18.2. The van der Waals surface area contributed by atoms with Crippen LogP contribution in [0.1, 0.15) is 29.9 Å². The predicted molar refractivity (Wildman–Crippen MR) is 117 cm³/mol. The SMILES string of the molecule is C=CC(O)Nc1sc2c(c1-c1nc3cc(C(F)(F)F)ccc3s1)CCN(C(C)C)C2. The van der Waals surface area contributed by atoms with Gasteiger partial charge in [-0.2, -0.15) is 13.2 Å². The monoisotopic (exact) mass is 453 g/mol. The highest BCUT2D eigenvalue weighted by Gasteiger charge is 2.32. The molecule has 1 unspecified atom stereocenters. The first-order chi connectivity index (χ1) is 14.2. The molecule has 1 aliphatic rings. The lowest BCUT2D eigenvalue weighted by Gasteiger charge is -2.30. The zero-order valence-electron chi connectivity index (χ0n) is 16.6. The van der Waals surface area contributed by atoms with Crippen LogP contribution in [0.2, 0.25) is 0 Å². The zero-order chi connectivity index (χ0) is 21.6. The maximum atomic E-state index is 13.1. The molecule has 0 spiro atoms. The molecule has 0 fully saturated rings. The van der Waals surface area contributed by atoms with Gasteiger partial charge < -0.3 is 10.4 Å². The van der Waals surface area contributed by atoms with Gasteiger partial charge in [-0.1, -0.05) is 6.58 Å². The summed E-state index contributed by atoms with van der Waals surface area (Å²) >= 11 is 2.94. The number of anilines is 1. The summed E-state index contributed by atoms with van der Waals surface area (Å²) in [6.07, 6.45) is -3.09. The number of hydrogen-bond acceptors (Lipinski definition) is 6. The standard InChI is InChI=1S/C21H22F3N3OS2/c1-4-17(28)26-20-18(13-7-8-27(11(2)3)10-16(13)30-20)19-25-14-9-12(21(22,23)24)5-6-15(14)29-19/h4-6,9,11,17,26,28H,1,7-8,10H2,2-3H3. The number of aliphatic hydroxyl groups excluding tert-OH is 1. The molecule has 30 heavy (non-hydrogen) atoms. The van der Waals surface area contributed by atoms with Crippen molar-refractivity contribution in [2.45, 2.75) is 45.3 Å². The van der Waals surface area contributed by atoms with Crippen LogP contribution in [0.4, 0.5) is 18.2 Å². The number of thiophene rings is 1. The Morgan fingerprint density at radius 1 is 1.30 bits per heavy atom. The van der Waals surface area contributed by atoms with E-state index in [-0.39, 0.29) is 0 Å². The number of aromatic nitrogens is 1. The second kappa shape index (κ2) is 7.96. The van der Waals surface area contributed by atoms with Crippen LogP contribution in [-0.2, 0) is 19.1 Å². The molecular formula is C21H22F3N3OS2. The molecule has 0 amide bonds. The van der Waals surface area contributed by atoms with Crippen molar-refractivity contribution in [3.63, 3.8) is 0 Å². The third kappa shape index (κ3) is 3.99. The fourth-order valence-corrected chi connectivity index (χ4v) is 5.99. The molecule has 4 rings (SSSR count). The summed E-state index contributed by atoms with van der Waals surface area (Å²) < 4.78 is 40.0. The molecule has 0 saturated carbocycles. The Labute approximate surface area is 180 Å². The molecule has 2 N–H and O–H groups in total. The highest BCUT2D eigenvalue weighted by Crippen LogP contribution is 2.46. The van der Waals surface area contributed by atoms with Crippen molar-refractivity contribution >= 4 is 37.9 Å². The first kappa shape index (κ1) is 21.3. The Morgan fingerprint density at radius 2 is 2.07 bits per heavy atom. The second-order valence-electron chi connectivity index (χ2n) is 7.55. The summed E-state index contributed by atoms with van der Waals surface area (Å²) in [5.74, 6) is 0. The lowest BCUT2D eigenvalue weighted by molar-refractivity contribution is -0.137. The smallest absolute Gasteiger partial charge is 0.370 e. The van der Waals surface area contributed by atoms with E-state index < -0.39 is 18.0 Å². The minimum absolute atomic E-state index is 0.333. The average Bonchev–Trinajstić information content (AvgIpc) is 3.25. The molecule has 0 bridgehead atoms. The first-order valence-corrected chi connectivity index (χ1v) is 11.2. The molecule has 0 radical (unpaired) electrons. The number of hydrogen-bond donors (Lipinski definition) is 2. The van der Waals surface area contributed by atoms with Crippen molar-refractivity contribution in [3.05, 3.63) is 46.9 Å². The number of fused-ring (bicyclic) bond motifs is 2. The fraction of sp³-hybridized carbons (Fsp3) is 0.381. The third-order valence-corrected chi connectivity index (χ3v) is 7.45. The van der Waals surface area contributed by atoms with Crippen LogP contribution in [0.5, 0.6) is 0 Å². The summed E-state index contributed by atoms with van der Waals surface area (Å²) in [6, 6.07) is 4.08. The molecular weight excluding hydrogens is 431 g/mol. The maximum Gasteiger partial charge on any atom is 0.416 e. The van der Waals surface area contributed by atoms with E-state index >= 15 is 0 Å². The Bertz CT molecular complexity index is 1090. The van der Waals surface area contributed by atoms with Gasteiger partial charge in [-0.15, -0.1) is 22.7 Å². The molecule has 1 atom stereocenters. The van der Waals surface area contributed by atoms with Crippen molar-refractivity contribution in [2.24, 2.45) is 0 Å². The predicted octanol–water partition coefficient (Wildman–Crippen LogP) is 5.73. The summed E-state index contributed by atoms with van der Waals surface area (Å²) in [5.41, 5.74) is 1.67. The van der Waals surface area contributed by atoms with Crippen LogP contribution in [0, 0.1) is 0 Å². The van der Waals surface area contributed by atoms with Gasteiger partial charge in [0.25, 0.3) is 0 Å². The molecule has 1 aromatic carbocycles. The summed E-state index contributed by atoms with van der Waals surface area (Å²) in [7, 11) is 0.